The largest absolute Gasteiger partial charge is 0.339 e. The zero-order valence-electron chi connectivity index (χ0n) is 10.9. The Kier molecular flexibility index (Phi) is 5.26. The normalized spacial score (nSPS) is 28.0. The Morgan fingerprint density at radius 2 is 1.94 bits per heavy atom. The van der Waals surface area contributed by atoms with Gasteiger partial charge >= 0.3 is 0 Å². The zero-order chi connectivity index (χ0) is 11.7. The van der Waals surface area contributed by atoms with Crippen molar-refractivity contribution in [3.05, 3.63) is 0 Å². The lowest BCUT2D eigenvalue weighted by Gasteiger charge is -2.27. The van der Waals surface area contributed by atoms with Gasteiger partial charge in [-0.1, -0.05) is 13.8 Å². The molecule has 0 radical (unpaired) electrons. The Morgan fingerprint density at radius 1 is 1.29 bits per heavy atom. The van der Waals surface area contributed by atoms with Crippen molar-refractivity contribution in [1.82, 2.24) is 4.90 Å². The molecule has 2 aliphatic carbocycles. The minimum Gasteiger partial charge on any atom is -0.339 e. The third-order valence-corrected chi connectivity index (χ3v) is 3.65. The Labute approximate surface area is 111 Å². The number of hydrogen-bond acceptors (Lipinski definition) is 2. The molecule has 17 heavy (non-hydrogen) atoms. The average Bonchev–Trinajstić information content (AvgIpc) is 2.96. The van der Waals surface area contributed by atoms with Gasteiger partial charge in [0.25, 0.3) is 0 Å². The summed E-state index contributed by atoms with van der Waals surface area (Å²) in [4.78, 5) is 14.5. The maximum absolute atomic E-state index is 12.4. The molecule has 0 saturated heterocycles. The maximum atomic E-state index is 12.4. The van der Waals surface area contributed by atoms with Crippen LogP contribution in [0, 0.1) is 11.8 Å². The summed E-state index contributed by atoms with van der Waals surface area (Å²) in [5, 5.41) is 0. The average molecular weight is 261 g/mol. The molecule has 2 atom stereocenters. The van der Waals surface area contributed by atoms with Crippen LogP contribution in [0.1, 0.15) is 46.0 Å². The summed E-state index contributed by atoms with van der Waals surface area (Å²) in [6.07, 6.45) is 5.34. The van der Waals surface area contributed by atoms with E-state index in [0.29, 0.717) is 17.9 Å². The quantitative estimate of drug-likeness (QED) is 0.842. The lowest BCUT2D eigenvalue weighted by atomic mass is 10.0. The molecule has 0 aromatic heterocycles. The van der Waals surface area contributed by atoms with Gasteiger partial charge in [0.05, 0.1) is 0 Å². The van der Waals surface area contributed by atoms with E-state index in [2.05, 4.69) is 18.7 Å². The smallest absolute Gasteiger partial charge is 0.225 e. The summed E-state index contributed by atoms with van der Waals surface area (Å²) in [5.41, 5.74) is 5.89. The first-order valence-electron chi connectivity index (χ1n) is 6.64. The highest BCUT2D eigenvalue weighted by Crippen LogP contribution is 2.33. The molecular weight excluding hydrogens is 236 g/mol. The van der Waals surface area contributed by atoms with Crippen LogP contribution in [0.4, 0.5) is 0 Å². The fourth-order valence-electron chi connectivity index (χ4n) is 2.67. The van der Waals surface area contributed by atoms with Gasteiger partial charge in [0.15, 0.2) is 0 Å². The van der Waals surface area contributed by atoms with Gasteiger partial charge in [0, 0.05) is 24.5 Å². The van der Waals surface area contributed by atoms with E-state index in [0.717, 1.165) is 25.8 Å². The number of hydrogen-bond donors (Lipinski definition) is 1. The predicted molar refractivity (Wildman–Crippen MR) is 72.1 cm³/mol. The first kappa shape index (κ1) is 14.8. The molecule has 2 saturated carbocycles. The second-order valence-electron chi connectivity index (χ2n) is 5.89. The lowest BCUT2D eigenvalue weighted by Crippen LogP contribution is -2.39. The Morgan fingerprint density at radius 3 is 2.35 bits per heavy atom. The summed E-state index contributed by atoms with van der Waals surface area (Å²) in [6.45, 7) is 5.29. The van der Waals surface area contributed by atoms with E-state index in [1.54, 1.807) is 0 Å². The second kappa shape index (κ2) is 6.05. The summed E-state index contributed by atoms with van der Waals surface area (Å²) < 4.78 is 0. The highest BCUT2D eigenvalue weighted by atomic mass is 35.5. The molecule has 0 aromatic rings. The van der Waals surface area contributed by atoms with Crippen LogP contribution < -0.4 is 5.73 Å². The molecule has 2 rings (SSSR count). The molecule has 0 heterocycles. The monoisotopic (exact) mass is 260 g/mol. The number of carbonyl (C=O) groups is 1. The Hall–Kier alpha value is -0.280. The van der Waals surface area contributed by atoms with Crippen LogP contribution in [0.3, 0.4) is 0 Å². The predicted octanol–water partition coefficient (Wildman–Crippen LogP) is 2.18. The summed E-state index contributed by atoms with van der Waals surface area (Å²) in [6, 6.07) is 0.806. The molecule has 0 bridgehead atoms. The van der Waals surface area contributed by atoms with Crippen LogP contribution in [-0.4, -0.2) is 29.4 Å². The molecule has 2 aliphatic rings. The van der Waals surface area contributed by atoms with Gasteiger partial charge in [0.1, 0.15) is 0 Å². The van der Waals surface area contributed by atoms with E-state index in [-0.39, 0.29) is 24.4 Å². The van der Waals surface area contributed by atoms with E-state index in [9.17, 15) is 4.79 Å². The van der Waals surface area contributed by atoms with Gasteiger partial charge in [-0.25, -0.2) is 0 Å². The number of nitrogens with two attached hydrogens (primary N) is 1. The van der Waals surface area contributed by atoms with Crippen molar-refractivity contribution in [3.8, 4) is 0 Å². The minimum absolute atomic E-state index is 0. The van der Waals surface area contributed by atoms with Crippen molar-refractivity contribution >= 4 is 18.3 Å². The molecule has 3 nitrogen and oxygen atoms in total. The number of carbonyl (C=O) groups excluding carboxylic acids is 1. The van der Waals surface area contributed by atoms with Gasteiger partial charge < -0.3 is 10.6 Å². The first-order chi connectivity index (χ1) is 7.58. The van der Waals surface area contributed by atoms with E-state index in [1.165, 1.54) is 12.8 Å². The second-order valence-corrected chi connectivity index (χ2v) is 5.89. The Bertz CT molecular complexity index is 266. The van der Waals surface area contributed by atoms with Crippen LogP contribution in [-0.2, 0) is 4.79 Å². The van der Waals surface area contributed by atoms with Gasteiger partial charge in [-0.15, -0.1) is 12.4 Å². The summed E-state index contributed by atoms with van der Waals surface area (Å²) >= 11 is 0. The number of nitrogens with zero attached hydrogens (tertiary/aromatic N) is 1. The number of rotatable bonds is 4. The van der Waals surface area contributed by atoms with Crippen molar-refractivity contribution < 1.29 is 4.79 Å². The van der Waals surface area contributed by atoms with Crippen molar-refractivity contribution in [2.45, 2.75) is 58.0 Å². The summed E-state index contributed by atoms with van der Waals surface area (Å²) in [5.74, 6) is 1.16. The van der Waals surface area contributed by atoms with Crippen LogP contribution in [0.5, 0.6) is 0 Å². The third kappa shape index (κ3) is 3.85. The van der Waals surface area contributed by atoms with E-state index in [1.807, 2.05) is 0 Å². The molecule has 1 amide bonds. The van der Waals surface area contributed by atoms with Crippen LogP contribution >= 0.6 is 12.4 Å². The van der Waals surface area contributed by atoms with E-state index in [4.69, 9.17) is 5.73 Å². The topological polar surface area (TPSA) is 46.3 Å². The van der Waals surface area contributed by atoms with Gasteiger partial charge in [0.2, 0.25) is 5.91 Å². The highest BCUT2D eigenvalue weighted by molar-refractivity contribution is 5.85. The molecular formula is C13H25ClN2O. The zero-order valence-corrected chi connectivity index (χ0v) is 11.7. The van der Waals surface area contributed by atoms with Gasteiger partial charge in [-0.2, -0.15) is 0 Å². The third-order valence-electron chi connectivity index (χ3n) is 3.65. The molecule has 0 aromatic carbocycles. The number of amides is 1. The van der Waals surface area contributed by atoms with Crippen LogP contribution in [0.25, 0.3) is 0 Å². The molecule has 2 N–H and O–H groups in total. The van der Waals surface area contributed by atoms with Crippen molar-refractivity contribution in [3.63, 3.8) is 0 Å². The SMILES string of the molecule is CC(C)CN(C(=O)C1CCC(N)C1)C1CC1.Cl. The van der Waals surface area contributed by atoms with E-state index < -0.39 is 0 Å². The van der Waals surface area contributed by atoms with Crippen LogP contribution in [0.15, 0.2) is 0 Å². The molecule has 2 unspecified atom stereocenters. The van der Waals surface area contributed by atoms with Crippen LogP contribution in [0.2, 0.25) is 0 Å². The molecule has 2 fully saturated rings. The molecule has 4 heteroatoms. The summed E-state index contributed by atoms with van der Waals surface area (Å²) in [7, 11) is 0. The molecule has 0 aliphatic heterocycles. The first-order valence-corrected chi connectivity index (χ1v) is 6.64. The van der Waals surface area contributed by atoms with Gasteiger partial charge in [-0.05, 0) is 38.0 Å². The van der Waals surface area contributed by atoms with Crippen molar-refractivity contribution in [1.29, 1.82) is 0 Å². The number of halogens is 1. The standard InChI is InChI=1S/C13H24N2O.ClH/c1-9(2)8-15(12-5-6-12)13(16)10-3-4-11(14)7-10;/h9-12H,3-8,14H2,1-2H3;1H. The highest BCUT2D eigenvalue weighted by Gasteiger charge is 2.38. The van der Waals surface area contributed by atoms with Crippen molar-refractivity contribution in [2.75, 3.05) is 6.54 Å². The van der Waals surface area contributed by atoms with Gasteiger partial charge in [-0.3, -0.25) is 4.79 Å². The van der Waals surface area contributed by atoms with E-state index >= 15 is 0 Å². The minimum atomic E-state index is 0. The molecule has 100 valence electrons. The fourth-order valence-corrected chi connectivity index (χ4v) is 2.67. The maximum Gasteiger partial charge on any atom is 0.225 e. The Balaban J connectivity index is 0.00000144. The molecule has 0 spiro atoms. The van der Waals surface area contributed by atoms with Crippen molar-refractivity contribution in [2.24, 2.45) is 17.6 Å². The fraction of sp³-hybridized carbons (Fsp3) is 0.923. The lowest BCUT2D eigenvalue weighted by molar-refractivity contribution is -0.136.